The van der Waals surface area contributed by atoms with Crippen molar-refractivity contribution < 1.29 is 0 Å². The fourth-order valence-corrected chi connectivity index (χ4v) is 0.760. The Morgan fingerprint density at radius 2 is 0.692 bits per heavy atom. The van der Waals surface area contributed by atoms with Crippen LogP contribution in [-0.4, -0.2) is 26.2 Å². The zero-order valence-corrected chi connectivity index (χ0v) is 8.67. The molecule has 0 rings (SSSR count). The Labute approximate surface area is 82.0 Å². The molecule has 0 saturated heterocycles. The number of hydrogen-bond donors (Lipinski definition) is 4. The van der Waals surface area contributed by atoms with Crippen LogP contribution in [0, 0.1) is 0 Å². The predicted molar refractivity (Wildman–Crippen MR) is 59.3 cm³/mol. The molecule has 8 N–H and O–H groups in total. The average Bonchev–Trinajstić information content (AvgIpc) is 2.15. The predicted octanol–water partition coefficient (Wildman–Crippen LogP) is -0.242. The summed E-state index contributed by atoms with van der Waals surface area (Å²) in [6.07, 6.45) is 5.74. The molecule has 0 unspecified atom stereocenters. The minimum Gasteiger partial charge on any atom is -0.330 e. The summed E-state index contributed by atoms with van der Waals surface area (Å²) in [5, 5.41) is 0. The topological polar surface area (TPSA) is 104 Å². The van der Waals surface area contributed by atoms with Gasteiger partial charge in [-0.2, -0.15) is 0 Å². The van der Waals surface area contributed by atoms with Crippen molar-refractivity contribution in [2.24, 2.45) is 22.9 Å². The third-order valence-corrected chi connectivity index (χ3v) is 1.57. The van der Waals surface area contributed by atoms with Gasteiger partial charge in [-0.1, -0.05) is 12.8 Å². The monoisotopic (exact) mass is 190 g/mol. The molecule has 4 heteroatoms. The maximum absolute atomic E-state index is 5.28. The van der Waals surface area contributed by atoms with Gasteiger partial charge in [-0.05, 0) is 45.4 Å². The molecule has 0 aliphatic carbocycles. The quantitative estimate of drug-likeness (QED) is 0.416. The van der Waals surface area contributed by atoms with Gasteiger partial charge >= 0.3 is 0 Å². The van der Waals surface area contributed by atoms with E-state index < -0.39 is 0 Å². The highest BCUT2D eigenvalue weighted by molar-refractivity contribution is 4.43. The van der Waals surface area contributed by atoms with Gasteiger partial charge in [-0.3, -0.25) is 0 Å². The third kappa shape index (κ3) is 24.5. The summed E-state index contributed by atoms with van der Waals surface area (Å²) in [4.78, 5) is 0. The first-order chi connectivity index (χ1) is 6.33. The summed E-state index contributed by atoms with van der Waals surface area (Å²) in [5.74, 6) is 0. The van der Waals surface area contributed by atoms with E-state index in [1.165, 1.54) is 12.8 Å². The van der Waals surface area contributed by atoms with Crippen molar-refractivity contribution in [3.63, 3.8) is 0 Å². The zero-order valence-electron chi connectivity index (χ0n) is 8.67. The second-order valence-electron chi connectivity index (χ2n) is 2.92. The molecule has 0 aromatic heterocycles. The Bertz CT molecular complexity index is 60.6. The Hall–Kier alpha value is -0.160. The smallest absolute Gasteiger partial charge is 0.00653 e. The van der Waals surface area contributed by atoms with Gasteiger partial charge in [0.1, 0.15) is 0 Å². The molecule has 0 fully saturated rings. The van der Waals surface area contributed by atoms with E-state index in [9.17, 15) is 0 Å². The van der Waals surface area contributed by atoms with Crippen LogP contribution in [0.5, 0.6) is 0 Å². The summed E-state index contributed by atoms with van der Waals surface area (Å²) in [6, 6.07) is 0. The highest BCUT2D eigenvalue weighted by atomic mass is 14.6. The Morgan fingerprint density at radius 1 is 0.385 bits per heavy atom. The molecule has 0 saturated carbocycles. The van der Waals surface area contributed by atoms with E-state index in [4.69, 9.17) is 22.9 Å². The zero-order chi connectivity index (χ0) is 10.4. The van der Waals surface area contributed by atoms with Crippen LogP contribution in [-0.2, 0) is 0 Å². The molecular weight excluding hydrogens is 164 g/mol. The second kappa shape index (κ2) is 17.8. The molecule has 0 radical (unpaired) electrons. The van der Waals surface area contributed by atoms with E-state index >= 15 is 0 Å². The van der Waals surface area contributed by atoms with Crippen molar-refractivity contribution in [3.8, 4) is 0 Å². The van der Waals surface area contributed by atoms with E-state index in [2.05, 4.69) is 0 Å². The first-order valence-corrected chi connectivity index (χ1v) is 5.13. The van der Waals surface area contributed by atoms with E-state index in [0.29, 0.717) is 0 Å². The number of unbranched alkanes of at least 4 members (excludes halogenated alkanes) is 3. The van der Waals surface area contributed by atoms with Crippen molar-refractivity contribution in [2.75, 3.05) is 26.2 Å². The van der Waals surface area contributed by atoms with Gasteiger partial charge in [-0.25, -0.2) is 0 Å². The van der Waals surface area contributed by atoms with Gasteiger partial charge in [0, 0.05) is 0 Å². The first kappa shape index (κ1) is 15.3. The van der Waals surface area contributed by atoms with Crippen molar-refractivity contribution in [1.82, 2.24) is 0 Å². The fraction of sp³-hybridized carbons (Fsp3) is 1.00. The maximum Gasteiger partial charge on any atom is -0.00653 e. The maximum atomic E-state index is 5.28. The molecule has 0 spiro atoms. The molecule has 0 bridgehead atoms. The number of hydrogen-bond acceptors (Lipinski definition) is 4. The van der Waals surface area contributed by atoms with E-state index in [1.807, 2.05) is 0 Å². The van der Waals surface area contributed by atoms with Gasteiger partial charge in [0.2, 0.25) is 0 Å². The summed E-state index contributed by atoms with van der Waals surface area (Å²) in [5.41, 5.74) is 20.7. The van der Waals surface area contributed by atoms with Gasteiger partial charge in [0.15, 0.2) is 0 Å². The molecule has 13 heavy (non-hydrogen) atoms. The summed E-state index contributed by atoms with van der Waals surface area (Å²) >= 11 is 0. The Morgan fingerprint density at radius 3 is 0.846 bits per heavy atom. The fourth-order valence-electron chi connectivity index (χ4n) is 0.760. The summed E-state index contributed by atoms with van der Waals surface area (Å²) < 4.78 is 0. The largest absolute Gasteiger partial charge is 0.330 e. The summed E-state index contributed by atoms with van der Waals surface area (Å²) in [6.45, 7) is 3.09. The Balaban J connectivity index is 0. The molecular formula is C9H26N4. The molecule has 0 amide bonds. The lowest BCUT2D eigenvalue weighted by atomic mass is 10.2. The van der Waals surface area contributed by atoms with E-state index in [1.54, 1.807) is 0 Å². The molecule has 0 heterocycles. The molecule has 0 aliphatic heterocycles. The van der Waals surface area contributed by atoms with Crippen LogP contribution in [0.3, 0.4) is 0 Å². The first-order valence-electron chi connectivity index (χ1n) is 5.13. The molecule has 0 aromatic carbocycles. The molecule has 0 aromatic rings. The van der Waals surface area contributed by atoms with Crippen LogP contribution in [0.4, 0.5) is 0 Å². The van der Waals surface area contributed by atoms with Crippen molar-refractivity contribution in [1.29, 1.82) is 0 Å². The SMILES string of the molecule is NCCCCCCN.NCCCN. The van der Waals surface area contributed by atoms with Crippen LogP contribution in [0.1, 0.15) is 32.1 Å². The standard InChI is InChI=1S/C6H16N2.C3H10N2/c7-5-3-1-2-4-6-8;4-2-1-3-5/h1-8H2;1-5H2. The lowest BCUT2D eigenvalue weighted by Crippen LogP contribution is -2.06. The van der Waals surface area contributed by atoms with Crippen molar-refractivity contribution in [2.45, 2.75) is 32.1 Å². The minimum absolute atomic E-state index is 0.719. The molecule has 4 nitrogen and oxygen atoms in total. The van der Waals surface area contributed by atoms with Crippen molar-refractivity contribution >= 4 is 0 Å². The van der Waals surface area contributed by atoms with Gasteiger partial charge in [0.05, 0.1) is 0 Å². The van der Waals surface area contributed by atoms with Crippen molar-refractivity contribution in [3.05, 3.63) is 0 Å². The third-order valence-electron chi connectivity index (χ3n) is 1.57. The molecule has 82 valence electrons. The molecule has 0 atom stereocenters. The van der Waals surface area contributed by atoms with Crippen LogP contribution in [0.15, 0.2) is 0 Å². The highest BCUT2D eigenvalue weighted by Crippen LogP contribution is 1.95. The van der Waals surface area contributed by atoms with Gasteiger partial charge in [0.25, 0.3) is 0 Å². The number of rotatable bonds is 7. The average molecular weight is 190 g/mol. The van der Waals surface area contributed by atoms with Gasteiger partial charge < -0.3 is 22.9 Å². The van der Waals surface area contributed by atoms with Gasteiger partial charge in [-0.15, -0.1) is 0 Å². The normalized spacial score (nSPS) is 9.23. The Kier molecular flexibility index (Phi) is 21.0. The summed E-state index contributed by atoms with van der Waals surface area (Å²) in [7, 11) is 0. The van der Waals surface area contributed by atoms with E-state index in [0.717, 1.165) is 45.4 Å². The highest BCUT2D eigenvalue weighted by Gasteiger charge is 1.83. The van der Waals surface area contributed by atoms with Crippen LogP contribution < -0.4 is 22.9 Å². The van der Waals surface area contributed by atoms with E-state index in [-0.39, 0.29) is 0 Å². The number of nitrogens with two attached hydrogens (primary N) is 4. The molecule has 0 aliphatic rings. The van der Waals surface area contributed by atoms with Crippen LogP contribution in [0.2, 0.25) is 0 Å². The van der Waals surface area contributed by atoms with Crippen LogP contribution >= 0.6 is 0 Å². The second-order valence-corrected chi connectivity index (χ2v) is 2.92. The van der Waals surface area contributed by atoms with Crippen LogP contribution in [0.25, 0.3) is 0 Å². The lowest BCUT2D eigenvalue weighted by molar-refractivity contribution is 0.653. The minimum atomic E-state index is 0.719. The lowest BCUT2D eigenvalue weighted by Gasteiger charge is -1.94.